The normalized spacial score (nSPS) is 10.6. The van der Waals surface area contributed by atoms with Gasteiger partial charge in [0.1, 0.15) is 17.4 Å². The van der Waals surface area contributed by atoms with Crippen LogP contribution >= 0.6 is 11.3 Å². The van der Waals surface area contributed by atoms with E-state index >= 15 is 0 Å². The fraction of sp³-hybridized carbons (Fsp3) is 0.357. The molecule has 2 aromatic rings. The number of benzene rings is 1. The van der Waals surface area contributed by atoms with Gasteiger partial charge in [-0.15, -0.1) is 11.3 Å². The first-order valence-electron chi connectivity index (χ1n) is 6.10. The van der Waals surface area contributed by atoms with Gasteiger partial charge in [0.15, 0.2) is 0 Å². The standard InChI is InChI=1S/C14H18N2OS/c1-3-11-6-4-5-7-12(11)17-9-14-16-10(2)13(8-15)18-14/h4-7H,3,8-9,15H2,1-2H3. The molecule has 0 fully saturated rings. The van der Waals surface area contributed by atoms with E-state index in [9.17, 15) is 0 Å². The number of aryl methyl sites for hydroxylation is 2. The number of nitrogens with zero attached hydrogens (tertiary/aromatic N) is 1. The van der Waals surface area contributed by atoms with Crippen LogP contribution in [0.2, 0.25) is 0 Å². The van der Waals surface area contributed by atoms with Crippen LogP contribution in [0.1, 0.15) is 28.1 Å². The van der Waals surface area contributed by atoms with Gasteiger partial charge >= 0.3 is 0 Å². The van der Waals surface area contributed by atoms with Crippen LogP contribution in [-0.4, -0.2) is 4.98 Å². The van der Waals surface area contributed by atoms with Crippen molar-refractivity contribution in [1.82, 2.24) is 4.98 Å². The highest BCUT2D eigenvalue weighted by atomic mass is 32.1. The fourth-order valence-corrected chi connectivity index (χ4v) is 2.68. The second kappa shape index (κ2) is 5.98. The summed E-state index contributed by atoms with van der Waals surface area (Å²) in [4.78, 5) is 5.60. The minimum Gasteiger partial charge on any atom is -0.486 e. The largest absolute Gasteiger partial charge is 0.486 e. The topological polar surface area (TPSA) is 48.1 Å². The van der Waals surface area contributed by atoms with Crippen molar-refractivity contribution in [1.29, 1.82) is 0 Å². The number of hydrogen-bond donors (Lipinski definition) is 1. The van der Waals surface area contributed by atoms with Crippen molar-refractivity contribution in [3.63, 3.8) is 0 Å². The molecule has 1 heterocycles. The Kier molecular flexibility index (Phi) is 4.33. The van der Waals surface area contributed by atoms with Gasteiger partial charge in [-0.1, -0.05) is 25.1 Å². The number of nitrogens with two attached hydrogens (primary N) is 1. The molecule has 0 aliphatic rings. The second-order valence-corrected chi connectivity index (χ2v) is 5.24. The van der Waals surface area contributed by atoms with E-state index in [2.05, 4.69) is 18.0 Å². The van der Waals surface area contributed by atoms with Gasteiger partial charge in [-0.3, -0.25) is 0 Å². The Morgan fingerprint density at radius 1 is 1.33 bits per heavy atom. The first kappa shape index (κ1) is 13.1. The number of hydrogen-bond acceptors (Lipinski definition) is 4. The molecule has 1 aromatic heterocycles. The van der Waals surface area contributed by atoms with Crippen molar-refractivity contribution in [2.75, 3.05) is 0 Å². The molecule has 1 aromatic carbocycles. The van der Waals surface area contributed by atoms with Crippen molar-refractivity contribution in [3.8, 4) is 5.75 Å². The monoisotopic (exact) mass is 262 g/mol. The summed E-state index contributed by atoms with van der Waals surface area (Å²) in [6.45, 7) is 5.18. The number of para-hydroxylation sites is 1. The molecule has 0 saturated carbocycles. The number of rotatable bonds is 5. The number of thiazole rings is 1. The van der Waals surface area contributed by atoms with Crippen molar-refractivity contribution in [3.05, 3.63) is 45.4 Å². The van der Waals surface area contributed by atoms with Crippen LogP contribution in [0, 0.1) is 6.92 Å². The van der Waals surface area contributed by atoms with Crippen molar-refractivity contribution < 1.29 is 4.74 Å². The molecule has 0 spiro atoms. The van der Waals surface area contributed by atoms with Crippen molar-refractivity contribution >= 4 is 11.3 Å². The summed E-state index contributed by atoms with van der Waals surface area (Å²) in [5.74, 6) is 0.946. The first-order chi connectivity index (χ1) is 8.74. The van der Waals surface area contributed by atoms with Crippen LogP contribution in [0.4, 0.5) is 0 Å². The first-order valence-corrected chi connectivity index (χ1v) is 6.92. The molecule has 0 amide bonds. The SMILES string of the molecule is CCc1ccccc1OCc1nc(C)c(CN)s1. The van der Waals surface area contributed by atoms with Crippen molar-refractivity contribution in [2.45, 2.75) is 33.4 Å². The molecule has 0 aliphatic carbocycles. The molecular weight excluding hydrogens is 244 g/mol. The van der Waals surface area contributed by atoms with Gasteiger partial charge in [0, 0.05) is 11.4 Å². The lowest BCUT2D eigenvalue weighted by Gasteiger charge is -2.08. The summed E-state index contributed by atoms with van der Waals surface area (Å²) < 4.78 is 5.83. The van der Waals surface area contributed by atoms with Crippen LogP contribution in [-0.2, 0) is 19.6 Å². The van der Waals surface area contributed by atoms with Gasteiger partial charge < -0.3 is 10.5 Å². The smallest absolute Gasteiger partial charge is 0.140 e. The summed E-state index contributed by atoms with van der Waals surface area (Å²) >= 11 is 1.63. The Balaban J connectivity index is 2.06. The summed E-state index contributed by atoms with van der Waals surface area (Å²) in [6.07, 6.45) is 0.973. The van der Waals surface area contributed by atoms with Crippen LogP contribution in [0.5, 0.6) is 5.75 Å². The third-order valence-electron chi connectivity index (χ3n) is 2.83. The van der Waals surface area contributed by atoms with Crippen LogP contribution in [0.25, 0.3) is 0 Å². The van der Waals surface area contributed by atoms with Crippen molar-refractivity contribution in [2.24, 2.45) is 5.73 Å². The Morgan fingerprint density at radius 2 is 2.11 bits per heavy atom. The summed E-state index contributed by atoms with van der Waals surface area (Å²) in [7, 11) is 0. The number of ether oxygens (including phenoxy) is 1. The Bertz CT molecular complexity index is 522. The summed E-state index contributed by atoms with van der Waals surface area (Å²) in [6, 6.07) is 8.12. The molecule has 0 saturated heterocycles. The lowest BCUT2D eigenvalue weighted by molar-refractivity contribution is 0.302. The fourth-order valence-electron chi connectivity index (χ4n) is 1.82. The highest BCUT2D eigenvalue weighted by Crippen LogP contribution is 2.22. The lowest BCUT2D eigenvalue weighted by Crippen LogP contribution is -1.97. The maximum absolute atomic E-state index is 5.83. The van der Waals surface area contributed by atoms with E-state index in [0.29, 0.717) is 13.2 Å². The van der Waals surface area contributed by atoms with Gasteiger partial charge in [0.05, 0.1) is 5.69 Å². The molecule has 4 heteroatoms. The van der Waals surface area contributed by atoms with E-state index in [1.54, 1.807) is 11.3 Å². The van der Waals surface area contributed by atoms with E-state index in [1.807, 2.05) is 25.1 Å². The van der Waals surface area contributed by atoms with E-state index < -0.39 is 0 Å². The van der Waals surface area contributed by atoms with Crippen LogP contribution in [0.3, 0.4) is 0 Å². The Morgan fingerprint density at radius 3 is 2.78 bits per heavy atom. The van der Waals surface area contributed by atoms with E-state index in [-0.39, 0.29) is 0 Å². The average molecular weight is 262 g/mol. The predicted molar refractivity (Wildman–Crippen MR) is 74.9 cm³/mol. The average Bonchev–Trinajstić information content (AvgIpc) is 2.77. The molecule has 2 N–H and O–H groups in total. The maximum atomic E-state index is 5.83. The molecule has 0 unspecified atom stereocenters. The van der Waals surface area contributed by atoms with Gasteiger partial charge in [-0.25, -0.2) is 4.98 Å². The zero-order valence-corrected chi connectivity index (χ0v) is 11.6. The molecule has 0 atom stereocenters. The van der Waals surface area contributed by atoms with Gasteiger partial charge in [0.25, 0.3) is 0 Å². The zero-order valence-electron chi connectivity index (χ0n) is 10.8. The molecule has 0 bridgehead atoms. The molecule has 0 radical (unpaired) electrons. The Hall–Kier alpha value is -1.39. The van der Waals surface area contributed by atoms with E-state index in [1.165, 1.54) is 5.56 Å². The summed E-state index contributed by atoms with van der Waals surface area (Å²) in [5.41, 5.74) is 7.89. The third kappa shape index (κ3) is 2.89. The Labute approximate surface area is 112 Å². The van der Waals surface area contributed by atoms with Crippen LogP contribution in [0.15, 0.2) is 24.3 Å². The molecule has 2 rings (SSSR count). The molecule has 96 valence electrons. The molecule has 3 nitrogen and oxygen atoms in total. The maximum Gasteiger partial charge on any atom is 0.140 e. The molecule has 0 aliphatic heterocycles. The predicted octanol–water partition coefficient (Wildman–Crippen LogP) is 3.05. The minimum absolute atomic E-state index is 0.516. The lowest BCUT2D eigenvalue weighted by atomic mass is 10.1. The van der Waals surface area contributed by atoms with E-state index in [4.69, 9.17) is 10.5 Å². The third-order valence-corrected chi connectivity index (χ3v) is 3.98. The number of aromatic nitrogens is 1. The molecular formula is C14H18N2OS. The highest BCUT2D eigenvalue weighted by Gasteiger charge is 2.07. The van der Waals surface area contributed by atoms with Gasteiger partial charge in [-0.2, -0.15) is 0 Å². The minimum atomic E-state index is 0.516. The van der Waals surface area contributed by atoms with Gasteiger partial charge in [-0.05, 0) is 25.0 Å². The van der Waals surface area contributed by atoms with Gasteiger partial charge in [0.2, 0.25) is 0 Å². The van der Waals surface area contributed by atoms with Crippen LogP contribution < -0.4 is 10.5 Å². The second-order valence-electron chi connectivity index (χ2n) is 4.07. The molecule has 18 heavy (non-hydrogen) atoms. The summed E-state index contributed by atoms with van der Waals surface area (Å²) in [5, 5.41) is 0.985. The quantitative estimate of drug-likeness (QED) is 0.901. The van der Waals surface area contributed by atoms with E-state index in [0.717, 1.165) is 27.7 Å². The highest BCUT2D eigenvalue weighted by molar-refractivity contribution is 7.11. The zero-order chi connectivity index (χ0) is 13.0.